The van der Waals surface area contributed by atoms with Gasteiger partial charge in [0.05, 0.1) is 5.71 Å². The normalized spacial score (nSPS) is 17.0. The molecule has 0 aromatic heterocycles. The molecule has 0 bridgehead atoms. The minimum Gasteiger partial charge on any atom is -0.742 e. The monoisotopic (exact) mass is 175 g/mol. The van der Waals surface area contributed by atoms with Crippen molar-refractivity contribution >= 4 is 5.71 Å². The standard InChI is InChI=1S/C10H11N2O/c13-12-8-4-7-10(11-12)9-5-2-1-3-6-9/h1-3,5-6H,4,7-8H2/q-1. The number of hydrazone groups is 1. The van der Waals surface area contributed by atoms with Crippen molar-refractivity contribution in [1.29, 1.82) is 0 Å². The molecule has 1 aromatic rings. The second-order valence-electron chi connectivity index (χ2n) is 3.09. The van der Waals surface area contributed by atoms with Gasteiger partial charge in [-0.25, -0.2) is 0 Å². The number of benzene rings is 1. The first-order valence-corrected chi connectivity index (χ1v) is 4.44. The molecule has 0 saturated carbocycles. The van der Waals surface area contributed by atoms with Gasteiger partial charge in [0, 0.05) is 6.54 Å². The maximum atomic E-state index is 11.0. The predicted molar refractivity (Wildman–Crippen MR) is 52.3 cm³/mol. The number of nitrogens with zero attached hydrogens (tertiary/aromatic N) is 2. The highest BCUT2D eigenvalue weighted by Gasteiger charge is 2.07. The number of hydroxylamine groups is 1. The summed E-state index contributed by atoms with van der Waals surface area (Å²) in [6, 6.07) is 9.85. The Labute approximate surface area is 77.3 Å². The maximum absolute atomic E-state index is 11.0. The predicted octanol–water partition coefficient (Wildman–Crippen LogP) is 1.98. The Kier molecular flexibility index (Phi) is 2.27. The summed E-state index contributed by atoms with van der Waals surface area (Å²) in [6.45, 7) is 0.524. The van der Waals surface area contributed by atoms with Gasteiger partial charge in [0.25, 0.3) is 0 Å². The molecule has 1 aromatic carbocycles. The first kappa shape index (κ1) is 8.26. The smallest absolute Gasteiger partial charge is 0.0669 e. The first-order chi connectivity index (χ1) is 6.36. The van der Waals surface area contributed by atoms with E-state index in [-0.39, 0.29) is 0 Å². The summed E-state index contributed by atoms with van der Waals surface area (Å²) in [5, 5.41) is 15.7. The highest BCUT2D eigenvalue weighted by atomic mass is 16.5. The molecule has 68 valence electrons. The second kappa shape index (κ2) is 3.58. The van der Waals surface area contributed by atoms with Crippen LogP contribution in [0.1, 0.15) is 18.4 Å². The van der Waals surface area contributed by atoms with Crippen molar-refractivity contribution in [2.75, 3.05) is 6.54 Å². The maximum Gasteiger partial charge on any atom is 0.0669 e. The summed E-state index contributed by atoms with van der Waals surface area (Å²) in [4.78, 5) is 0. The minimum atomic E-state index is 0.524. The van der Waals surface area contributed by atoms with Gasteiger partial charge in [-0.05, 0) is 18.4 Å². The zero-order valence-electron chi connectivity index (χ0n) is 7.31. The highest BCUT2D eigenvalue weighted by Crippen LogP contribution is 2.12. The second-order valence-corrected chi connectivity index (χ2v) is 3.09. The van der Waals surface area contributed by atoms with Crippen molar-refractivity contribution in [3.63, 3.8) is 0 Å². The van der Waals surface area contributed by atoms with Crippen molar-refractivity contribution in [3.8, 4) is 0 Å². The van der Waals surface area contributed by atoms with Crippen LogP contribution in [-0.2, 0) is 0 Å². The molecule has 3 heteroatoms. The number of rotatable bonds is 1. The molecule has 0 atom stereocenters. The molecule has 1 aliphatic heterocycles. The molecule has 13 heavy (non-hydrogen) atoms. The van der Waals surface area contributed by atoms with E-state index < -0.39 is 0 Å². The van der Waals surface area contributed by atoms with Gasteiger partial charge in [0.1, 0.15) is 0 Å². The van der Waals surface area contributed by atoms with E-state index in [4.69, 9.17) is 0 Å². The van der Waals surface area contributed by atoms with Crippen LogP contribution >= 0.6 is 0 Å². The van der Waals surface area contributed by atoms with Crippen LogP contribution in [0.5, 0.6) is 0 Å². The van der Waals surface area contributed by atoms with Gasteiger partial charge < -0.3 is 10.4 Å². The van der Waals surface area contributed by atoms with Crippen LogP contribution in [0.2, 0.25) is 0 Å². The average molecular weight is 175 g/mol. The SMILES string of the molecule is [O-]N1CCCC(c2ccccc2)=N1. The minimum absolute atomic E-state index is 0.524. The lowest BCUT2D eigenvalue weighted by molar-refractivity contribution is 0.378. The van der Waals surface area contributed by atoms with E-state index >= 15 is 0 Å². The van der Waals surface area contributed by atoms with E-state index in [1.165, 1.54) is 0 Å². The molecule has 1 aliphatic rings. The van der Waals surface area contributed by atoms with Crippen LogP contribution in [-0.4, -0.2) is 17.4 Å². The van der Waals surface area contributed by atoms with E-state index in [1.54, 1.807) is 0 Å². The molecule has 0 saturated heterocycles. The average Bonchev–Trinajstić information content (AvgIpc) is 2.19. The fourth-order valence-electron chi connectivity index (χ4n) is 1.45. The Morgan fingerprint density at radius 2 is 2.00 bits per heavy atom. The third-order valence-electron chi connectivity index (χ3n) is 2.10. The van der Waals surface area contributed by atoms with Crippen molar-refractivity contribution in [2.45, 2.75) is 12.8 Å². The number of hydrogen-bond donors (Lipinski definition) is 0. The Hall–Kier alpha value is -1.35. The Morgan fingerprint density at radius 3 is 2.69 bits per heavy atom. The first-order valence-electron chi connectivity index (χ1n) is 4.44. The molecular formula is C10H11N2O-. The third-order valence-corrected chi connectivity index (χ3v) is 2.10. The fraction of sp³-hybridized carbons (Fsp3) is 0.300. The zero-order chi connectivity index (χ0) is 9.10. The number of hydrogen-bond acceptors (Lipinski definition) is 3. The van der Waals surface area contributed by atoms with Crippen molar-refractivity contribution < 1.29 is 0 Å². The van der Waals surface area contributed by atoms with Gasteiger partial charge in [-0.3, -0.25) is 0 Å². The summed E-state index contributed by atoms with van der Waals surface area (Å²) in [6.07, 6.45) is 1.81. The van der Waals surface area contributed by atoms with E-state index in [0.717, 1.165) is 29.3 Å². The Bertz CT molecular complexity index is 308. The van der Waals surface area contributed by atoms with Crippen LogP contribution in [0.4, 0.5) is 0 Å². The van der Waals surface area contributed by atoms with Crippen LogP contribution in [0.25, 0.3) is 0 Å². The van der Waals surface area contributed by atoms with Gasteiger partial charge in [-0.1, -0.05) is 30.3 Å². The molecule has 3 nitrogen and oxygen atoms in total. The Morgan fingerprint density at radius 1 is 1.23 bits per heavy atom. The van der Waals surface area contributed by atoms with E-state index in [9.17, 15) is 5.21 Å². The zero-order valence-corrected chi connectivity index (χ0v) is 7.31. The molecule has 2 rings (SSSR count). The van der Waals surface area contributed by atoms with E-state index in [1.807, 2.05) is 30.3 Å². The molecule has 0 spiro atoms. The summed E-state index contributed by atoms with van der Waals surface area (Å²) >= 11 is 0. The van der Waals surface area contributed by atoms with Gasteiger partial charge in [0.2, 0.25) is 0 Å². The van der Waals surface area contributed by atoms with Crippen LogP contribution in [0.15, 0.2) is 35.4 Å². The van der Waals surface area contributed by atoms with Crippen molar-refractivity contribution in [3.05, 3.63) is 41.1 Å². The quantitative estimate of drug-likeness (QED) is 0.654. The van der Waals surface area contributed by atoms with Crippen LogP contribution in [0.3, 0.4) is 0 Å². The molecule has 0 amide bonds. The van der Waals surface area contributed by atoms with Gasteiger partial charge >= 0.3 is 0 Å². The Balaban J connectivity index is 2.26. The third kappa shape index (κ3) is 1.87. The molecule has 0 unspecified atom stereocenters. The lowest BCUT2D eigenvalue weighted by atomic mass is 10.1. The lowest BCUT2D eigenvalue weighted by Crippen LogP contribution is -2.20. The molecule has 0 aliphatic carbocycles. The van der Waals surface area contributed by atoms with E-state index in [0.29, 0.717) is 6.54 Å². The van der Waals surface area contributed by atoms with Crippen LogP contribution < -0.4 is 0 Å². The molecule has 0 N–H and O–H groups in total. The molecule has 0 fully saturated rings. The highest BCUT2D eigenvalue weighted by molar-refractivity contribution is 6.00. The summed E-state index contributed by atoms with van der Waals surface area (Å²) in [5.74, 6) is 0. The van der Waals surface area contributed by atoms with Gasteiger partial charge in [-0.2, -0.15) is 5.10 Å². The fourth-order valence-corrected chi connectivity index (χ4v) is 1.45. The topological polar surface area (TPSA) is 38.7 Å². The summed E-state index contributed by atoms with van der Waals surface area (Å²) in [5.41, 5.74) is 1.96. The lowest BCUT2D eigenvalue weighted by Gasteiger charge is -2.29. The van der Waals surface area contributed by atoms with Crippen LogP contribution in [0, 0.1) is 5.21 Å². The molecule has 0 radical (unpaired) electrons. The van der Waals surface area contributed by atoms with Crippen molar-refractivity contribution in [2.24, 2.45) is 5.10 Å². The molecular weight excluding hydrogens is 164 g/mol. The van der Waals surface area contributed by atoms with Gasteiger partial charge in [0.15, 0.2) is 0 Å². The van der Waals surface area contributed by atoms with Crippen molar-refractivity contribution in [1.82, 2.24) is 5.17 Å². The largest absolute Gasteiger partial charge is 0.742 e. The summed E-state index contributed by atoms with van der Waals surface area (Å²) < 4.78 is 0. The van der Waals surface area contributed by atoms with Gasteiger partial charge in [-0.15, -0.1) is 0 Å². The summed E-state index contributed by atoms with van der Waals surface area (Å²) in [7, 11) is 0. The molecule has 1 heterocycles. The van der Waals surface area contributed by atoms with E-state index in [2.05, 4.69) is 5.10 Å².